The van der Waals surface area contributed by atoms with Gasteiger partial charge >= 0.3 is 0 Å². The number of pyridine rings is 2. The van der Waals surface area contributed by atoms with Gasteiger partial charge in [-0.1, -0.05) is 18.2 Å². The summed E-state index contributed by atoms with van der Waals surface area (Å²) in [7, 11) is 0. The first-order chi connectivity index (χ1) is 15.7. The van der Waals surface area contributed by atoms with Crippen LogP contribution in [0.5, 0.6) is 0 Å². The number of fused-ring (bicyclic) bond motifs is 1. The number of para-hydroxylation sites is 1. The second-order valence-electron chi connectivity index (χ2n) is 8.49. The number of piperazine rings is 1. The molecule has 7 nitrogen and oxygen atoms in total. The number of carbonyl (C=O) groups is 2. The molecule has 0 radical (unpaired) electrons. The first-order valence-corrected chi connectivity index (χ1v) is 11.3. The summed E-state index contributed by atoms with van der Waals surface area (Å²) in [5.41, 5.74) is 2.80. The van der Waals surface area contributed by atoms with E-state index in [1.54, 1.807) is 24.5 Å². The molecule has 2 aromatic heterocycles. The number of aromatic nitrogens is 2. The number of benzene rings is 1. The summed E-state index contributed by atoms with van der Waals surface area (Å²) < 4.78 is 0. The van der Waals surface area contributed by atoms with E-state index in [4.69, 9.17) is 0 Å². The van der Waals surface area contributed by atoms with Crippen molar-refractivity contribution in [2.45, 2.75) is 12.8 Å². The topological polar surface area (TPSA) is 69.6 Å². The van der Waals surface area contributed by atoms with Crippen LogP contribution in [-0.4, -0.2) is 70.9 Å². The molecule has 2 amide bonds. The van der Waals surface area contributed by atoms with Crippen molar-refractivity contribution in [2.75, 3.05) is 44.2 Å². The Hall–Kier alpha value is -3.48. The van der Waals surface area contributed by atoms with E-state index >= 15 is 0 Å². The minimum Gasteiger partial charge on any atom is -0.367 e. The second-order valence-corrected chi connectivity index (χ2v) is 8.49. The fourth-order valence-corrected chi connectivity index (χ4v) is 4.82. The molecule has 3 aromatic rings. The normalized spacial score (nSPS) is 19.2. The Bertz CT molecular complexity index is 1110. The van der Waals surface area contributed by atoms with E-state index in [2.05, 4.69) is 27.0 Å². The van der Waals surface area contributed by atoms with Gasteiger partial charge in [0.25, 0.3) is 5.91 Å². The van der Waals surface area contributed by atoms with Crippen molar-refractivity contribution in [1.29, 1.82) is 0 Å². The van der Waals surface area contributed by atoms with Gasteiger partial charge in [-0.05, 0) is 37.1 Å². The molecule has 5 rings (SSSR count). The van der Waals surface area contributed by atoms with E-state index in [0.29, 0.717) is 31.7 Å². The number of nitrogens with zero attached hydrogens (tertiary/aromatic N) is 5. The number of rotatable bonds is 3. The number of carbonyl (C=O) groups excluding carboxylic acids is 2. The molecule has 0 bridgehead atoms. The molecule has 1 aromatic carbocycles. The van der Waals surface area contributed by atoms with Crippen LogP contribution in [0.15, 0.2) is 61.1 Å². The summed E-state index contributed by atoms with van der Waals surface area (Å²) in [5, 5.41) is 1.15. The zero-order valence-corrected chi connectivity index (χ0v) is 18.1. The van der Waals surface area contributed by atoms with E-state index in [1.165, 1.54) is 5.69 Å². The van der Waals surface area contributed by atoms with Gasteiger partial charge in [0.2, 0.25) is 5.91 Å². The van der Waals surface area contributed by atoms with Crippen molar-refractivity contribution in [3.8, 4) is 0 Å². The summed E-state index contributed by atoms with van der Waals surface area (Å²) in [6.45, 7) is 4.19. The quantitative estimate of drug-likeness (QED) is 0.640. The molecule has 32 heavy (non-hydrogen) atoms. The first kappa shape index (κ1) is 20.4. The molecule has 1 unspecified atom stereocenters. The predicted octanol–water partition coefficient (Wildman–Crippen LogP) is 2.83. The number of likely N-dealkylation sites (tertiary alicyclic amines) is 1. The third-order valence-corrected chi connectivity index (χ3v) is 6.54. The van der Waals surface area contributed by atoms with Gasteiger partial charge in [0.15, 0.2) is 0 Å². The van der Waals surface area contributed by atoms with E-state index in [-0.39, 0.29) is 17.7 Å². The van der Waals surface area contributed by atoms with Gasteiger partial charge in [0.05, 0.1) is 11.4 Å². The lowest BCUT2D eigenvalue weighted by Gasteiger charge is -2.40. The van der Waals surface area contributed by atoms with Crippen molar-refractivity contribution >= 4 is 28.4 Å². The summed E-state index contributed by atoms with van der Waals surface area (Å²) in [4.78, 5) is 40.7. The van der Waals surface area contributed by atoms with Crippen molar-refractivity contribution < 1.29 is 9.59 Å². The molecule has 0 aliphatic carbocycles. The van der Waals surface area contributed by atoms with Crippen LogP contribution in [0.3, 0.4) is 0 Å². The lowest BCUT2D eigenvalue weighted by Crippen LogP contribution is -2.53. The summed E-state index contributed by atoms with van der Waals surface area (Å²) in [5.74, 6) is 0.0404. The van der Waals surface area contributed by atoms with Crippen LogP contribution in [0.25, 0.3) is 10.9 Å². The Balaban J connectivity index is 1.22. The summed E-state index contributed by atoms with van der Waals surface area (Å²) in [6, 6.07) is 13.7. The highest BCUT2D eigenvalue weighted by atomic mass is 16.2. The third-order valence-electron chi connectivity index (χ3n) is 6.54. The van der Waals surface area contributed by atoms with Crippen LogP contribution < -0.4 is 4.90 Å². The Labute approximate surface area is 187 Å². The molecule has 4 heterocycles. The van der Waals surface area contributed by atoms with Crippen LogP contribution in [0.1, 0.15) is 23.2 Å². The average molecular weight is 430 g/mol. The van der Waals surface area contributed by atoms with Crippen LogP contribution in [-0.2, 0) is 4.79 Å². The number of piperidine rings is 1. The average Bonchev–Trinajstić information content (AvgIpc) is 2.88. The van der Waals surface area contributed by atoms with Gasteiger partial charge in [-0.2, -0.15) is 0 Å². The lowest BCUT2D eigenvalue weighted by atomic mass is 9.95. The maximum Gasteiger partial charge on any atom is 0.253 e. The number of amides is 2. The van der Waals surface area contributed by atoms with Crippen LogP contribution in [0.4, 0.5) is 5.69 Å². The van der Waals surface area contributed by atoms with E-state index < -0.39 is 0 Å². The van der Waals surface area contributed by atoms with Gasteiger partial charge in [0.1, 0.15) is 0 Å². The smallest absolute Gasteiger partial charge is 0.253 e. The summed E-state index contributed by atoms with van der Waals surface area (Å²) in [6.07, 6.45) is 6.81. The first-order valence-electron chi connectivity index (χ1n) is 11.3. The largest absolute Gasteiger partial charge is 0.367 e. The molecule has 2 aliphatic heterocycles. The fraction of sp³-hybridized carbons (Fsp3) is 0.360. The Morgan fingerprint density at radius 2 is 1.62 bits per heavy atom. The molecular weight excluding hydrogens is 402 g/mol. The molecule has 0 spiro atoms. The van der Waals surface area contributed by atoms with Crippen LogP contribution in [0.2, 0.25) is 0 Å². The van der Waals surface area contributed by atoms with E-state index in [0.717, 1.165) is 36.8 Å². The molecule has 2 saturated heterocycles. The van der Waals surface area contributed by atoms with Crippen LogP contribution in [0, 0.1) is 5.92 Å². The van der Waals surface area contributed by atoms with E-state index in [9.17, 15) is 9.59 Å². The van der Waals surface area contributed by atoms with E-state index in [1.807, 2.05) is 34.2 Å². The lowest BCUT2D eigenvalue weighted by molar-refractivity contribution is -0.137. The van der Waals surface area contributed by atoms with Gasteiger partial charge < -0.3 is 14.7 Å². The number of anilines is 1. The molecular formula is C25H27N5O2. The minimum absolute atomic E-state index is 0.0146. The SMILES string of the molecule is O=C(c1ccncc1)N1CCCC(C(=O)N2CCN(c3ccnc4ccccc34)CC2)C1. The third kappa shape index (κ3) is 4.02. The van der Waals surface area contributed by atoms with Crippen molar-refractivity contribution in [2.24, 2.45) is 5.92 Å². The number of hydrogen-bond acceptors (Lipinski definition) is 5. The van der Waals surface area contributed by atoms with Crippen molar-refractivity contribution in [1.82, 2.24) is 19.8 Å². The monoisotopic (exact) mass is 429 g/mol. The molecule has 1 atom stereocenters. The van der Waals surface area contributed by atoms with Gasteiger partial charge in [-0.3, -0.25) is 19.6 Å². The molecule has 0 saturated carbocycles. The Morgan fingerprint density at radius 3 is 2.44 bits per heavy atom. The summed E-state index contributed by atoms with van der Waals surface area (Å²) >= 11 is 0. The highest BCUT2D eigenvalue weighted by Crippen LogP contribution is 2.27. The zero-order valence-electron chi connectivity index (χ0n) is 18.1. The van der Waals surface area contributed by atoms with Gasteiger partial charge in [-0.25, -0.2) is 0 Å². The maximum atomic E-state index is 13.3. The maximum absolute atomic E-state index is 13.3. The second kappa shape index (κ2) is 8.94. The molecule has 2 fully saturated rings. The number of hydrogen-bond donors (Lipinski definition) is 0. The van der Waals surface area contributed by atoms with Gasteiger partial charge in [0, 0.05) is 74.5 Å². The highest BCUT2D eigenvalue weighted by molar-refractivity contribution is 5.94. The van der Waals surface area contributed by atoms with Crippen molar-refractivity contribution in [3.05, 3.63) is 66.6 Å². The van der Waals surface area contributed by atoms with Gasteiger partial charge in [-0.15, -0.1) is 0 Å². The highest BCUT2D eigenvalue weighted by Gasteiger charge is 2.33. The fourth-order valence-electron chi connectivity index (χ4n) is 4.82. The predicted molar refractivity (Wildman–Crippen MR) is 123 cm³/mol. The van der Waals surface area contributed by atoms with Crippen molar-refractivity contribution in [3.63, 3.8) is 0 Å². The molecule has 164 valence electrons. The van der Waals surface area contributed by atoms with Crippen LogP contribution >= 0.6 is 0 Å². The zero-order chi connectivity index (χ0) is 21.9. The minimum atomic E-state index is -0.122. The molecule has 0 N–H and O–H groups in total. The Kier molecular flexibility index (Phi) is 5.71. The molecule has 2 aliphatic rings. The standard InChI is InChI=1S/C25H27N5O2/c31-24(19-7-10-26-11-8-19)30-13-3-4-20(18-30)25(32)29-16-14-28(15-17-29)23-9-12-27-22-6-2-1-5-21(22)23/h1-2,5-12,20H,3-4,13-18H2. The Morgan fingerprint density at radius 1 is 0.844 bits per heavy atom. The molecule has 7 heteroatoms.